The lowest BCUT2D eigenvalue weighted by molar-refractivity contribution is 0.0695. The maximum Gasteiger partial charge on any atom is 0.335 e. The van der Waals surface area contributed by atoms with Crippen LogP contribution in [0, 0.1) is 11.6 Å². The summed E-state index contributed by atoms with van der Waals surface area (Å²) < 4.78 is 33.0. The smallest absolute Gasteiger partial charge is 0.335 e. The van der Waals surface area contributed by atoms with E-state index in [4.69, 9.17) is 9.84 Å². The number of carboxylic acids is 1. The minimum Gasteiger partial charge on any atom is -0.482 e. The molecule has 1 aromatic carbocycles. The van der Waals surface area contributed by atoms with E-state index in [1.807, 2.05) is 5.38 Å². The first kappa shape index (κ1) is 14.0. The second-order valence-electron chi connectivity index (χ2n) is 3.55. The first-order valence-corrected chi connectivity index (χ1v) is 6.73. The highest BCUT2D eigenvalue weighted by molar-refractivity contribution is 9.10. The topological polar surface area (TPSA) is 46.5 Å². The maximum atomic E-state index is 13.6. The quantitative estimate of drug-likeness (QED) is 0.905. The van der Waals surface area contributed by atoms with Crippen LogP contribution in [0.1, 0.15) is 15.2 Å². The third-order valence-electron chi connectivity index (χ3n) is 2.28. The molecule has 1 aromatic heterocycles. The predicted octanol–water partition coefficient (Wildman–Crippen LogP) is 4.07. The van der Waals surface area contributed by atoms with E-state index in [9.17, 15) is 13.6 Å². The van der Waals surface area contributed by atoms with Crippen molar-refractivity contribution in [3.63, 3.8) is 0 Å². The molecule has 0 saturated heterocycles. The number of carboxylic acid groups (broad SMARTS) is 1. The Morgan fingerprint density at radius 3 is 2.47 bits per heavy atom. The summed E-state index contributed by atoms with van der Waals surface area (Å²) in [4.78, 5) is 11.4. The lowest BCUT2D eigenvalue weighted by Crippen LogP contribution is -2.03. The average Bonchev–Trinajstić information content (AvgIpc) is 2.73. The molecule has 0 radical (unpaired) electrons. The predicted molar refractivity (Wildman–Crippen MR) is 69.7 cm³/mol. The molecule has 0 bridgehead atoms. The summed E-state index contributed by atoms with van der Waals surface area (Å²) in [7, 11) is 0. The van der Waals surface area contributed by atoms with Crippen LogP contribution in [-0.2, 0) is 6.61 Å². The highest BCUT2D eigenvalue weighted by Crippen LogP contribution is 2.28. The Kier molecular flexibility index (Phi) is 4.16. The molecule has 0 aliphatic carbocycles. The number of ether oxygens (including phenoxy) is 1. The molecule has 100 valence electrons. The molecule has 7 heteroatoms. The van der Waals surface area contributed by atoms with E-state index in [-0.39, 0.29) is 6.61 Å². The highest BCUT2D eigenvalue weighted by atomic mass is 79.9. The Hall–Kier alpha value is -1.47. The Morgan fingerprint density at radius 2 is 2.00 bits per heavy atom. The molecular weight excluding hydrogens is 342 g/mol. The lowest BCUT2D eigenvalue weighted by Gasteiger charge is -2.08. The van der Waals surface area contributed by atoms with Crippen molar-refractivity contribution in [2.75, 3.05) is 0 Å². The van der Waals surface area contributed by atoms with Gasteiger partial charge < -0.3 is 9.84 Å². The molecule has 0 amide bonds. The van der Waals surface area contributed by atoms with Gasteiger partial charge in [0, 0.05) is 4.47 Å². The van der Waals surface area contributed by atoms with E-state index in [0.29, 0.717) is 0 Å². The molecule has 0 saturated carbocycles. The van der Waals surface area contributed by atoms with Crippen molar-refractivity contribution < 1.29 is 23.4 Å². The molecule has 2 aromatic rings. The summed E-state index contributed by atoms with van der Waals surface area (Å²) in [5.74, 6) is -4.05. The van der Waals surface area contributed by atoms with Crippen molar-refractivity contribution in [3.05, 3.63) is 50.1 Å². The third-order valence-corrected chi connectivity index (χ3v) is 4.18. The average molecular weight is 349 g/mol. The van der Waals surface area contributed by atoms with E-state index in [1.165, 1.54) is 11.3 Å². The van der Waals surface area contributed by atoms with E-state index in [1.54, 1.807) is 6.07 Å². The number of aromatic carboxylic acids is 1. The molecule has 0 fully saturated rings. The fraction of sp³-hybridized carbons (Fsp3) is 0.0833. The second-order valence-corrected chi connectivity index (χ2v) is 5.41. The molecule has 19 heavy (non-hydrogen) atoms. The van der Waals surface area contributed by atoms with Gasteiger partial charge >= 0.3 is 5.97 Å². The van der Waals surface area contributed by atoms with Gasteiger partial charge in [-0.05, 0) is 39.5 Å². The van der Waals surface area contributed by atoms with Crippen molar-refractivity contribution in [1.29, 1.82) is 0 Å². The van der Waals surface area contributed by atoms with E-state index in [0.717, 1.165) is 21.5 Å². The van der Waals surface area contributed by atoms with Gasteiger partial charge in [0.2, 0.25) is 0 Å². The Labute approximate surface area is 119 Å². The van der Waals surface area contributed by atoms with Crippen molar-refractivity contribution in [3.8, 4) is 5.75 Å². The summed E-state index contributed by atoms with van der Waals surface area (Å²) in [6.07, 6.45) is 0. The molecular formula is C12H7BrF2O3S. The first-order valence-electron chi connectivity index (χ1n) is 5.06. The highest BCUT2D eigenvalue weighted by Gasteiger charge is 2.16. The third kappa shape index (κ3) is 3.10. The van der Waals surface area contributed by atoms with Crippen LogP contribution in [0.5, 0.6) is 5.75 Å². The van der Waals surface area contributed by atoms with Crippen molar-refractivity contribution in [2.24, 2.45) is 0 Å². The number of rotatable bonds is 4. The minimum absolute atomic E-state index is 0.00148. The molecule has 0 aliphatic rings. The molecule has 0 unspecified atom stereocenters. The van der Waals surface area contributed by atoms with Gasteiger partial charge in [-0.2, -0.15) is 0 Å². The second kappa shape index (κ2) is 5.66. The number of carbonyl (C=O) groups is 1. The normalized spacial score (nSPS) is 10.5. The van der Waals surface area contributed by atoms with E-state index in [2.05, 4.69) is 15.9 Å². The standard InChI is InChI=1S/C12H7BrF2O3S/c13-7-1-2-19-10(7)5-18-11-8(14)3-6(12(16)17)4-9(11)15/h1-4H,5H2,(H,16,17). The summed E-state index contributed by atoms with van der Waals surface area (Å²) in [5, 5.41) is 10.5. The minimum atomic E-state index is -1.40. The zero-order valence-corrected chi connectivity index (χ0v) is 11.7. The zero-order chi connectivity index (χ0) is 14.0. The van der Waals surface area contributed by atoms with Crippen LogP contribution in [0.4, 0.5) is 8.78 Å². The van der Waals surface area contributed by atoms with Gasteiger partial charge in [-0.25, -0.2) is 13.6 Å². The van der Waals surface area contributed by atoms with Gasteiger partial charge in [-0.15, -0.1) is 11.3 Å². The van der Waals surface area contributed by atoms with Gasteiger partial charge in [-0.3, -0.25) is 0 Å². The van der Waals surface area contributed by atoms with Gasteiger partial charge in [-0.1, -0.05) is 0 Å². The Bertz CT molecular complexity index is 604. The van der Waals surface area contributed by atoms with Crippen molar-refractivity contribution in [2.45, 2.75) is 6.61 Å². The molecule has 0 spiro atoms. The summed E-state index contributed by atoms with van der Waals surface area (Å²) in [6, 6.07) is 3.25. The maximum absolute atomic E-state index is 13.6. The van der Waals surface area contributed by atoms with Crippen LogP contribution < -0.4 is 4.74 Å². The fourth-order valence-corrected chi connectivity index (χ4v) is 2.77. The monoisotopic (exact) mass is 348 g/mol. The van der Waals surface area contributed by atoms with Crippen molar-refractivity contribution >= 4 is 33.2 Å². The van der Waals surface area contributed by atoms with Crippen LogP contribution in [0.25, 0.3) is 0 Å². The van der Waals surface area contributed by atoms with Crippen LogP contribution >= 0.6 is 27.3 Å². The van der Waals surface area contributed by atoms with Crippen LogP contribution in [0.3, 0.4) is 0 Å². The van der Waals surface area contributed by atoms with Crippen LogP contribution in [0.15, 0.2) is 28.1 Å². The van der Waals surface area contributed by atoms with Crippen LogP contribution in [-0.4, -0.2) is 11.1 Å². The SMILES string of the molecule is O=C(O)c1cc(F)c(OCc2sccc2Br)c(F)c1. The number of hydrogen-bond donors (Lipinski definition) is 1. The molecule has 2 rings (SSSR count). The van der Waals surface area contributed by atoms with Gasteiger partial charge in [0.25, 0.3) is 0 Å². The van der Waals surface area contributed by atoms with Crippen molar-refractivity contribution in [1.82, 2.24) is 0 Å². The molecule has 1 N–H and O–H groups in total. The van der Waals surface area contributed by atoms with Crippen LogP contribution in [0.2, 0.25) is 0 Å². The number of thiophene rings is 1. The number of benzene rings is 1. The molecule has 0 atom stereocenters. The van der Waals surface area contributed by atoms with E-state index < -0.39 is 28.9 Å². The summed E-state index contributed by atoms with van der Waals surface area (Å²) in [6.45, 7) is -0.00148. The largest absolute Gasteiger partial charge is 0.482 e. The lowest BCUT2D eigenvalue weighted by atomic mass is 10.2. The zero-order valence-electron chi connectivity index (χ0n) is 9.32. The number of halogens is 3. The Morgan fingerprint density at radius 1 is 1.37 bits per heavy atom. The summed E-state index contributed by atoms with van der Waals surface area (Å²) in [5.41, 5.74) is -0.459. The first-order chi connectivity index (χ1) is 8.99. The van der Waals surface area contributed by atoms with Gasteiger partial charge in [0.15, 0.2) is 17.4 Å². The van der Waals surface area contributed by atoms with Gasteiger partial charge in [0.05, 0.1) is 10.4 Å². The number of hydrogen-bond acceptors (Lipinski definition) is 3. The van der Waals surface area contributed by atoms with Gasteiger partial charge in [0.1, 0.15) is 6.61 Å². The molecule has 3 nitrogen and oxygen atoms in total. The fourth-order valence-electron chi connectivity index (χ4n) is 1.39. The summed E-state index contributed by atoms with van der Waals surface area (Å²) >= 11 is 4.65. The van der Waals surface area contributed by atoms with E-state index >= 15 is 0 Å². The Balaban J connectivity index is 2.21. The molecule has 0 aliphatic heterocycles. The molecule has 1 heterocycles.